The van der Waals surface area contributed by atoms with Crippen LogP contribution in [0.15, 0.2) is 0 Å². The molecule has 0 saturated carbocycles. The van der Waals surface area contributed by atoms with Crippen LogP contribution in [0.1, 0.15) is 6.42 Å². The van der Waals surface area contributed by atoms with E-state index in [1.807, 2.05) is 0 Å². The zero-order valence-corrected chi connectivity index (χ0v) is 8.17. The van der Waals surface area contributed by atoms with Gasteiger partial charge in [-0.05, 0) is 6.42 Å². The second-order valence-electron chi connectivity index (χ2n) is 4.21. The molecule has 0 bridgehead atoms. The summed E-state index contributed by atoms with van der Waals surface area (Å²) in [7, 11) is 0. The molecule has 3 aliphatic heterocycles. The van der Waals surface area contributed by atoms with Gasteiger partial charge < -0.3 is 26.0 Å². The molecule has 7 nitrogen and oxygen atoms in total. The summed E-state index contributed by atoms with van der Waals surface area (Å²) < 4.78 is 0. The molecule has 1 spiro atoms. The Balaban J connectivity index is 2.05. The summed E-state index contributed by atoms with van der Waals surface area (Å²) in [5.74, 6) is 0.550. The maximum atomic E-state index is 10.1. The smallest absolute Gasteiger partial charge is 0.193 e. The highest BCUT2D eigenvalue weighted by molar-refractivity contribution is 5.86. The predicted molar refractivity (Wildman–Crippen MR) is 53.6 cm³/mol. The third-order valence-electron chi connectivity index (χ3n) is 3.50. The van der Waals surface area contributed by atoms with E-state index in [1.165, 1.54) is 0 Å². The summed E-state index contributed by atoms with van der Waals surface area (Å²) in [4.78, 5) is 1.81. The van der Waals surface area contributed by atoms with Gasteiger partial charge in [-0.15, -0.1) is 0 Å². The van der Waals surface area contributed by atoms with E-state index >= 15 is 0 Å². The Kier molecular flexibility index (Phi) is 1.49. The van der Waals surface area contributed by atoms with Crippen molar-refractivity contribution >= 4 is 11.9 Å². The Labute approximate surface area is 86.9 Å². The lowest BCUT2D eigenvalue weighted by Gasteiger charge is -2.45. The van der Waals surface area contributed by atoms with E-state index < -0.39 is 11.8 Å². The zero-order valence-electron chi connectivity index (χ0n) is 8.17. The van der Waals surface area contributed by atoms with Crippen LogP contribution in [-0.4, -0.2) is 52.8 Å². The molecule has 6 N–H and O–H groups in total. The van der Waals surface area contributed by atoms with Crippen LogP contribution in [-0.2, 0) is 0 Å². The molecule has 0 aromatic heterocycles. The van der Waals surface area contributed by atoms with Crippen molar-refractivity contribution in [1.82, 2.24) is 20.9 Å². The van der Waals surface area contributed by atoms with Crippen LogP contribution < -0.4 is 16.0 Å². The number of nitrogens with zero attached hydrogens (tertiary/aromatic N) is 1. The van der Waals surface area contributed by atoms with Crippen LogP contribution in [0, 0.1) is 10.8 Å². The SMILES string of the molecule is N=C1N[C@H]2CNC(=N)N3CC[C@@H](O)[C@]23N1. The van der Waals surface area contributed by atoms with Gasteiger partial charge in [0.15, 0.2) is 17.6 Å². The summed E-state index contributed by atoms with van der Waals surface area (Å²) in [5.41, 5.74) is -0.681. The van der Waals surface area contributed by atoms with Gasteiger partial charge in [0.1, 0.15) is 0 Å². The Morgan fingerprint density at radius 1 is 1.47 bits per heavy atom. The van der Waals surface area contributed by atoms with Crippen LogP contribution >= 0.6 is 0 Å². The van der Waals surface area contributed by atoms with Crippen molar-refractivity contribution in [3.63, 3.8) is 0 Å². The minimum atomic E-state index is -0.681. The second-order valence-corrected chi connectivity index (χ2v) is 4.21. The fourth-order valence-electron chi connectivity index (χ4n) is 2.81. The van der Waals surface area contributed by atoms with Crippen molar-refractivity contribution in [2.75, 3.05) is 13.1 Å². The molecule has 82 valence electrons. The van der Waals surface area contributed by atoms with E-state index in [-0.39, 0.29) is 12.0 Å². The van der Waals surface area contributed by atoms with Gasteiger partial charge in [0.05, 0.1) is 12.1 Å². The first kappa shape index (κ1) is 8.78. The van der Waals surface area contributed by atoms with E-state index in [1.54, 1.807) is 4.90 Å². The molecule has 0 unspecified atom stereocenters. The highest BCUT2D eigenvalue weighted by Gasteiger charge is 2.60. The van der Waals surface area contributed by atoms with Crippen molar-refractivity contribution in [3.05, 3.63) is 0 Å². The Hall–Kier alpha value is -1.50. The molecule has 3 aliphatic rings. The first-order valence-corrected chi connectivity index (χ1v) is 5.06. The average molecular weight is 210 g/mol. The summed E-state index contributed by atoms with van der Waals surface area (Å²) in [6, 6.07) is -0.0587. The molecule has 3 saturated heterocycles. The van der Waals surface area contributed by atoms with Gasteiger partial charge in [0.25, 0.3) is 0 Å². The van der Waals surface area contributed by atoms with Crippen LogP contribution in [0.25, 0.3) is 0 Å². The molecule has 0 radical (unpaired) electrons. The van der Waals surface area contributed by atoms with E-state index in [0.29, 0.717) is 25.5 Å². The monoisotopic (exact) mass is 210 g/mol. The largest absolute Gasteiger partial charge is 0.389 e. The van der Waals surface area contributed by atoms with Gasteiger partial charge in [0.2, 0.25) is 0 Å². The molecule has 3 atom stereocenters. The van der Waals surface area contributed by atoms with Crippen molar-refractivity contribution in [1.29, 1.82) is 10.8 Å². The molecule has 0 aromatic carbocycles. The third kappa shape index (κ3) is 0.883. The van der Waals surface area contributed by atoms with E-state index in [9.17, 15) is 5.11 Å². The molecule has 3 heterocycles. The Bertz CT molecular complexity index is 344. The zero-order chi connectivity index (χ0) is 10.6. The van der Waals surface area contributed by atoms with Crippen molar-refractivity contribution < 1.29 is 5.11 Å². The maximum Gasteiger partial charge on any atom is 0.193 e. The van der Waals surface area contributed by atoms with Crippen LogP contribution in [0.5, 0.6) is 0 Å². The molecule has 0 aromatic rings. The number of guanidine groups is 2. The third-order valence-corrected chi connectivity index (χ3v) is 3.50. The second kappa shape index (κ2) is 2.54. The molecule has 7 heteroatoms. The van der Waals surface area contributed by atoms with Gasteiger partial charge in [-0.1, -0.05) is 0 Å². The molecule has 3 fully saturated rings. The summed E-state index contributed by atoms with van der Waals surface area (Å²) in [6.45, 7) is 1.20. The molecule has 0 amide bonds. The number of aliphatic hydroxyl groups excluding tert-OH is 1. The minimum Gasteiger partial charge on any atom is -0.389 e. The highest BCUT2D eigenvalue weighted by Crippen LogP contribution is 2.34. The first-order chi connectivity index (χ1) is 7.14. The van der Waals surface area contributed by atoms with Crippen molar-refractivity contribution in [3.8, 4) is 0 Å². The summed E-state index contributed by atoms with van der Waals surface area (Å²) in [6.07, 6.45) is 0.0861. The van der Waals surface area contributed by atoms with Gasteiger partial charge in [-0.25, -0.2) is 0 Å². The Morgan fingerprint density at radius 2 is 2.27 bits per heavy atom. The molecule has 3 rings (SSSR count). The normalized spacial score (nSPS) is 42.9. The lowest BCUT2D eigenvalue weighted by atomic mass is 9.94. The molecular formula is C8H14N6O. The number of aliphatic hydroxyl groups is 1. The Morgan fingerprint density at radius 3 is 3.07 bits per heavy atom. The number of nitrogens with one attached hydrogen (secondary N) is 5. The van der Waals surface area contributed by atoms with Crippen LogP contribution in [0.4, 0.5) is 0 Å². The number of hydrogen-bond donors (Lipinski definition) is 6. The van der Waals surface area contributed by atoms with Crippen molar-refractivity contribution in [2.45, 2.75) is 24.2 Å². The van der Waals surface area contributed by atoms with E-state index in [0.717, 1.165) is 0 Å². The predicted octanol–water partition coefficient (Wildman–Crippen LogP) is -2.22. The highest BCUT2D eigenvalue weighted by atomic mass is 16.3. The summed E-state index contributed by atoms with van der Waals surface area (Å²) >= 11 is 0. The topological polar surface area (TPSA) is 107 Å². The molecular weight excluding hydrogens is 196 g/mol. The lowest BCUT2D eigenvalue weighted by molar-refractivity contribution is 0.0258. The fraction of sp³-hybridized carbons (Fsp3) is 0.750. The lowest BCUT2D eigenvalue weighted by Crippen LogP contribution is -2.73. The standard InChI is InChI=1S/C8H14N6O/c9-6-12-4-3-11-7(10)14-2-1-5(15)8(4,14)13-6/h4-5,15H,1-3H2,(H2,10,11)(H3,9,12,13)/t4-,5+,8-/m0/s1. The van der Waals surface area contributed by atoms with Gasteiger partial charge >= 0.3 is 0 Å². The van der Waals surface area contributed by atoms with Crippen molar-refractivity contribution in [2.24, 2.45) is 0 Å². The van der Waals surface area contributed by atoms with Crippen LogP contribution in [0.2, 0.25) is 0 Å². The molecule has 0 aliphatic carbocycles. The van der Waals surface area contributed by atoms with Gasteiger partial charge in [-0.3, -0.25) is 10.8 Å². The van der Waals surface area contributed by atoms with E-state index in [2.05, 4.69) is 16.0 Å². The summed E-state index contributed by atoms with van der Waals surface area (Å²) in [5, 5.41) is 34.3. The minimum absolute atomic E-state index is 0.0587. The number of hydrogen-bond acceptors (Lipinski definition) is 3. The van der Waals surface area contributed by atoms with E-state index in [4.69, 9.17) is 10.8 Å². The van der Waals surface area contributed by atoms with Gasteiger partial charge in [0, 0.05) is 13.1 Å². The number of rotatable bonds is 0. The van der Waals surface area contributed by atoms with Gasteiger partial charge in [-0.2, -0.15) is 0 Å². The fourth-order valence-corrected chi connectivity index (χ4v) is 2.81. The maximum absolute atomic E-state index is 10.1. The first-order valence-electron chi connectivity index (χ1n) is 5.06. The average Bonchev–Trinajstić information content (AvgIpc) is 2.68. The quantitative estimate of drug-likeness (QED) is 0.272. The molecule has 15 heavy (non-hydrogen) atoms. The van der Waals surface area contributed by atoms with Crippen LogP contribution in [0.3, 0.4) is 0 Å².